The molecule has 4 heterocycles. The van der Waals surface area contributed by atoms with Crippen LogP contribution in [0, 0.1) is 19.8 Å². The van der Waals surface area contributed by atoms with Crippen LogP contribution in [0.15, 0.2) is 4.52 Å². The monoisotopic (exact) mass is 349 g/mol. The fourth-order valence-corrected chi connectivity index (χ4v) is 4.24. The highest BCUT2D eigenvalue weighted by Crippen LogP contribution is 2.34. The molecule has 1 aromatic rings. The molecule has 3 aliphatic heterocycles. The molecule has 3 saturated heterocycles. The number of aromatic nitrogens is 1. The molecule has 0 spiro atoms. The lowest BCUT2D eigenvalue weighted by atomic mass is 9.91. The number of carbonyl (C=O) groups excluding carboxylic acids is 1. The number of hydrogen-bond acceptors (Lipinski definition) is 6. The van der Waals surface area contributed by atoms with Crippen molar-refractivity contribution in [2.75, 3.05) is 39.4 Å². The van der Waals surface area contributed by atoms with E-state index in [-0.39, 0.29) is 18.1 Å². The number of ether oxygens (including phenoxy) is 2. The molecule has 7 nitrogen and oxygen atoms in total. The van der Waals surface area contributed by atoms with Crippen LogP contribution in [0.25, 0.3) is 0 Å². The fraction of sp³-hybridized carbons (Fsp3) is 0.778. The summed E-state index contributed by atoms with van der Waals surface area (Å²) in [6, 6.07) is 0. The van der Waals surface area contributed by atoms with Crippen LogP contribution in [0.2, 0.25) is 0 Å². The number of amides is 1. The molecule has 1 aromatic heterocycles. The Hall–Kier alpha value is -1.44. The van der Waals surface area contributed by atoms with E-state index in [2.05, 4.69) is 10.1 Å². The summed E-state index contributed by atoms with van der Waals surface area (Å²) in [7, 11) is 0. The predicted molar refractivity (Wildman–Crippen MR) is 90.0 cm³/mol. The van der Waals surface area contributed by atoms with Gasteiger partial charge in [0.15, 0.2) is 0 Å². The van der Waals surface area contributed by atoms with E-state index in [4.69, 9.17) is 14.0 Å². The molecule has 138 valence electrons. The first kappa shape index (κ1) is 17.0. The zero-order valence-electron chi connectivity index (χ0n) is 15.1. The average molecular weight is 349 g/mol. The lowest BCUT2D eigenvalue weighted by Gasteiger charge is -2.34. The van der Waals surface area contributed by atoms with Gasteiger partial charge >= 0.3 is 0 Å². The molecule has 0 radical (unpaired) electrons. The number of aryl methyl sites for hydroxylation is 2. The van der Waals surface area contributed by atoms with Crippen molar-refractivity contribution < 1.29 is 18.8 Å². The Bertz CT molecular complexity index is 606. The van der Waals surface area contributed by atoms with Crippen LogP contribution in [0.4, 0.5) is 0 Å². The van der Waals surface area contributed by atoms with Crippen molar-refractivity contribution in [1.29, 1.82) is 0 Å². The summed E-state index contributed by atoms with van der Waals surface area (Å²) in [5.41, 5.74) is 2.14. The van der Waals surface area contributed by atoms with Crippen LogP contribution in [0.3, 0.4) is 0 Å². The number of nitrogens with zero attached hydrogens (tertiary/aromatic N) is 3. The van der Waals surface area contributed by atoms with E-state index in [1.165, 1.54) is 5.56 Å². The van der Waals surface area contributed by atoms with Gasteiger partial charge in [-0.05, 0) is 39.2 Å². The van der Waals surface area contributed by atoms with E-state index in [0.717, 1.165) is 43.9 Å². The third-order valence-corrected chi connectivity index (χ3v) is 5.80. The second-order valence-corrected chi connectivity index (χ2v) is 7.42. The van der Waals surface area contributed by atoms with E-state index in [0.29, 0.717) is 32.2 Å². The van der Waals surface area contributed by atoms with Crippen molar-refractivity contribution in [1.82, 2.24) is 15.0 Å². The number of piperidine rings is 1. The van der Waals surface area contributed by atoms with Gasteiger partial charge in [0.1, 0.15) is 11.9 Å². The Morgan fingerprint density at radius 1 is 1.24 bits per heavy atom. The largest absolute Gasteiger partial charge is 0.378 e. The zero-order chi connectivity index (χ0) is 17.4. The Labute approximate surface area is 148 Å². The highest BCUT2D eigenvalue weighted by molar-refractivity contribution is 5.81. The summed E-state index contributed by atoms with van der Waals surface area (Å²) in [6.45, 7) is 9.35. The molecule has 0 bridgehead atoms. The summed E-state index contributed by atoms with van der Waals surface area (Å²) < 4.78 is 16.8. The Morgan fingerprint density at radius 2 is 2.04 bits per heavy atom. The summed E-state index contributed by atoms with van der Waals surface area (Å²) in [6.07, 6.45) is 1.83. The van der Waals surface area contributed by atoms with Crippen molar-refractivity contribution >= 4 is 5.91 Å². The van der Waals surface area contributed by atoms with Gasteiger partial charge < -0.3 is 18.9 Å². The third-order valence-electron chi connectivity index (χ3n) is 5.80. The molecule has 3 aliphatic rings. The normalized spacial score (nSPS) is 30.5. The molecule has 3 fully saturated rings. The molecule has 0 unspecified atom stereocenters. The SMILES string of the molecule is Cc1noc(C)c1CN1CC[C@H]2C[C@H](C(=O)N3CCOCC3)O[C@H]2C1. The minimum atomic E-state index is -0.271. The molecule has 1 amide bonds. The van der Waals surface area contributed by atoms with E-state index in [9.17, 15) is 4.79 Å². The van der Waals surface area contributed by atoms with Gasteiger partial charge in [0, 0.05) is 31.7 Å². The first-order chi connectivity index (χ1) is 12.1. The van der Waals surface area contributed by atoms with E-state index in [1.54, 1.807) is 0 Å². The summed E-state index contributed by atoms with van der Waals surface area (Å²) in [5.74, 6) is 1.54. The maximum absolute atomic E-state index is 12.7. The minimum absolute atomic E-state index is 0.148. The summed E-state index contributed by atoms with van der Waals surface area (Å²) in [5, 5.41) is 4.04. The molecular weight excluding hydrogens is 322 g/mol. The maximum atomic E-state index is 12.7. The number of carbonyl (C=O) groups is 1. The summed E-state index contributed by atoms with van der Waals surface area (Å²) >= 11 is 0. The highest BCUT2D eigenvalue weighted by atomic mass is 16.5. The molecular formula is C18H27N3O4. The average Bonchev–Trinajstić information content (AvgIpc) is 3.20. The maximum Gasteiger partial charge on any atom is 0.251 e. The van der Waals surface area contributed by atoms with Crippen LogP contribution in [0.5, 0.6) is 0 Å². The quantitative estimate of drug-likeness (QED) is 0.815. The summed E-state index contributed by atoms with van der Waals surface area (Å²) in [4.78, 5) is 17.0. The van der Waals surface area contributed by atoms with E-state index >= 15 is 0 Å². The van der Waals surface area contributed by atoms with Crippen LogP contribution >= 0.6 is 0 Å². The lowest BCUT2D eigenvalue weighted by Crippen LogP contribution is -2.46. The molecule has 0 N–H and O–H groups in total. The number of fused-ring (bicyclic) bond motifs is 1. The second kappa shape index (κ2) is 7.05. The number of morpholine rings is 1. The van der Waals surface area contributed by atoms with E-state index in [1.807, 2.05) is 18.7 Å². The van der Waals surface area contributed by atoms with Crippen molar-refractivity contribution in [3.8, 4) is 0 Å². The third kappa shape index (κ3) is 3.45. The lowest BCUT2D eigenvalue weighted by molar-refractivity contribution is -0.147. The standard InChI is InChI=1S/C18H27N3O4/c1-12-15(13(2)25-19-12)10-20-4-3-14-9-16(24-17(14)11-20)18(22)21-5-7-23-8-6-21/h14,16-17H,3-11H2,1-2H3/t14-,16+,17-/m0/s1. The van der Waals surface area contributed by atoms with Crippen molar-refractivity contribution in [3.63, 3.8) is 0 Å². The predicted octanol–water partition coefficient (Wildman–Crippen LogP) is 1.13. The smallest absolute Gasteiger partial charge is 0.251 e. The second-order valence-electron chi connectivity index (χ2n) is 7.42. The molecule has 3 atom stereocenters. The van der Waals surface area contributed by atoms with Gasteiger partial charge in [0.05, 0.1) is 25.0 Å². The first-order valence-electron chi connectivity index (χ1n) is 9.28. The molecule has 0 aromatic carbocycles. The zero-order valence-corrected chi connectivity index (χ0v) is 15.1. The Morgan fingerprint density at radius 3 is 2.76 bits per heavy atom. The van der Waals surface area contributed by atoms with E-state index < -0.39 is 0 Å². The van der Waals surface area contributed by atoms with Gasteiger partial charge in [-0.3, -0.25) is 9.69 Å². The van der Waals surface area contributed by atoms with Gasteiger partial charge in [-0.25, -0.2) is 0 Å². The molecule has 0 aliphatic carbocycles. The highest BCUT2D eigenvalue weighted by Gasteiger charge is 2.43. The van der Waals surface area contributed by atoms with Crippen LogP contribution in [0.1, 0.15) is 29.9 Å². The molecule has 0 saturated carbocycles. The van der Waals surface area contributed by atoms with Gasteiger partial charge in [-0.1, -0.05) is 5.16 Å². The fourth-order valence-electron chi connectivity index (χ4n) is 4.24. The van der Waals surface area contributed by atoms with Crippen molar-refractivity contribution in [2.24, 2.45) is 5.92 Å². The van der Waals surface area contributed by atoms with Gasteiger partial charge in [-0.2, -0.15) is 0 Å². The van der Waals surface area contributed by atoms with Crippen LogP contribution < -0.4 is 0 Å². The van der Waals surface area contributed by atoms with Gasteiger partial charge in [-0.15, -0.1) is 0 Å². The van der Waals surface area contributed by atoms with Gasteiger partial charge in [0.25, 0.3) is 5.91 Å². The Kier molecular flexibility index (Phi) is 4.80. The number of likely N-dealkylation sites (tertiary alicyclic amines) is 1. The molecule has 7 heteroatoms. The number of rotatable bonds is 3. The first-order valence-corrected chi connectivity index (χ1v) is 9.28. The minimum Gasteiger partial charge on any atom is -0.378 e. The van der Waals surface area contributed by atoms with Gasteiger partial charge in [0.2, 0.25) is 0 Å². The van der Waals surface area contributed by atoms with Crippen LogP contribution in [-0.2, 0) is 20.8 Å². The molecule has 25 heavy (non-hydrogen) atoms. The molecule has 4 rings (SSSR count). The Balaban J connectivity index is 1.35. The van der Waals surface area contributed by atoms with Crippen molar-refractivity contribution in [3.05, 3.63) is 17.0 Å². The topological polar surface area (TPSA) is 68.0 Å². The number of hydrogen-bond donors (Lipinski definition) is 0. The van der Waals surface area contributed by atoms with Crippen molar-refractivity contribution in [2.45, 2.75) is 45.4 Å². The van der Waals surface area contributed by atoms with Crippen LogP contribution in [-0.4, -0.2) is 72.5 Å².